The van der Waals surface area contributed by atoms with Crippen LogP contribution in [0.1, 0.15) is 151 Å². The maximum Gasteiger partial charge on any atom is 0.276 e. The minimum Gasteiger partial charge on any atom is -0.505 e. The largest absolute Gasteiger partial charge is 0.505 e. The highest BCUT2D eigenvalue weighted by Crippen LogP contribution is 2.53. The third-order valence-corrected chi connectivity index (χ3v) is 28.1. The van der Waals surface area contributed by atoms with Crippen LogP contribution >= 0.6 is 116 Å². The van der Waals surface area contributed by atoms with E-state index < -0.39 is 109 Å². The molecule has 0 radical (unpaired) electrons. The minimum absolute atomic E-state index is 0.0493. The number of carbonyl (C=O) groups excluding carboxylic acids is 3. The molecule has 3 fully saturated rings. The van der Waals surface area contributed by atoms with Gasteiger partial charge in [-0.3, -0.25) is 57.4 Å². The lowest BCUT2D eigenvalue weighted by molar-refractivity contribution is -0.131. The Morgan fingerprint density at radius 1 is 0.383 bits per heavy atom. The van der Waals surface area contributed by atoms with Gasteiger partial charge < -0.3 is 44.7 Å². The summed E-state index contributed by atoms with van der Waals surface area (Å²) in [4.78, 5) is 120. The number of halogens is 15. The zero-order valence-corrected chi connectivity index (χ0v) is 85.6. The smallest absolute Gasteiger partial charge is 0.276 e. The van der Waals surface area contributed by atoms with E-state index in [2.05, 4.69) is 62.9 Å². The number of fused-ring (bicyclic) bond motifs is 3. The summed E-state index contributed by atoms with van der Waals surface area (Å²) < 4.78 is 79.4. The van der Waals surface area contributed by atoms with Crippen LogP contribution < -0.4 is 31.4 Å². The van der Waals surface area contributed by atoms with Gasteiger partial charge in [-0.05, 0) is 151 Å². The normalized spacial score (nSPS) is 16.6. The summed E-state index contributed by atoms with van der Waals surface area (Å²) in [5.41, 5.74) is -0.0224. The molecule has 0 spiro atoms. The minimum atomic E-state index is -1.57. The Balaban J connectivity index is 0.000000178. The molecule has 27 nitrogen and oxygen atoms in total. The van der Waals surface area contributed by atoms with E-state index in [1.807, 2.05) is 97.8 Å². The van der Waals surface area contributed by atoms with Crippen molar-refractivity contribution in [3.8, 4) is 86.3 Å². The number of anilines is 3. The Kier molecular flexibility index (Phi) is 31.3. The average Bonchev–Trinajstić information content (AvgIpc) is 0.725. The Morgan fingerprint density at radius 3 is 0.851 bits per heavy atom. The fraction of sp³-hybridized carbons (Fsp3) is 0.303. The van der Waals surface area contributed by atoms with Gasteiger partial charge in [-0.1, -0.05) is 177 Å². The number of hydrogen-bond acceptors (Lipinski definition) is 21. The predicted molar refractivity (Wildman–Crippen MR) is 542 cm³/mol. The van der Waals surface area contributed by atoms with Crippen molar-refractivity contribution < 1.29 is 51.7 Å². The first-order valence-corrected chi connectivity index (χ1v) is 47.5. The zero-order valence-electron chi connectivity index (χ0n) is 78.0. The number of pyridine rings is 9. The summed E-state index contributed by atoms with van der Waals surface area (Å²) in [6, 6.07) is 13.6. The number of aromatic hydroxyl groups is 3. The summed E-state index contributed by atoms with van der Waals surface area (Å²) in [5.74, 6) is -11.2. The Labute approximate surface area is 855 Å². The predicted octanol–water partition coefficient (Wildman–Crippen LogP) is 22.4. The van der Waals surface area contributed by atoms with E-state index in [1.54, 1.807) is 72.3 Å². The monoisotopic (exact) mass is 2120 g/mol. The van der Waals surface area contributed by atoms with Gasteiger partial charge in [-0.2, -0.15) is 15.8 Å². The van der Waals surface area contributed by atoms with Gasteiger partial charge in [0.2, 0.25) is 17.7 Å². The van der Waals surface area contributed by atoms with Crippen molar-refractivity contribution in [1.82, 2.24) is 58.3 Å². The number of carbonyl (C=O) groups is 3. The number of rotatable bonds is 15. The van der Waals surface area contributed by atoms with Crippen LogP contribution in [-0.2, 0) is 14.4 Å². The molecule has 3 aliphatic rings. The first-order chi connectivity index (χ1) is 66.5. The van der Waals surface area contributed by atoms with Crippen LogP contribution in [0.5, 0.6) is 17.2 Å². The third-order valence-electron chi connectivity index (χ3n) is 24.8. The lowest BCUT2D eigenvalue weighted by Crippen LogP contribution is -2.58. The third kappa shape index (κ3) is 18.5. The number of phenols is 3. The molecule has 3 aromatic carbocycles. The summed E-state index contributed by atoms with van der Waals surface area (Å²) >= 11 is 63.1. The molecule has 6 atom stereocenters. The lowest BCUT2D eigenvalue weighted by Gasteiger charge is -2.45. The van der Waals surface area contributed by atoms with Crippen LogP contribution in [0.25, 0.3) is 83.9 Å². The maximum atomic E-state index is 15.5. The highest BCUT2D eigenvalue weighted by Gasteiger charge is 2.42. The number of aryl methyl sites for hydroxylation is 3. The summed E-state index contributed by atoms with van der Waals surface area (Å²) in [6.07, 6.45) is 8.53. The second kappa shape index (κ2) is 41.7. The second-order valence-electron chi connectivity index (χ2n) is 35.1. The molecule has 3 N–H and O–H groups in total. The first kappa shape index (κ1) is 106. The molecular formula is C99H87Cl10F5N18O9. The van der Waals surface area contributed by atoms with E-state index in [1.165, 1.54) is 50.1 Å². The fourth-order valence-corrected chi connectivity index (χ4v) is 21.3. The van der Waals surface area contributed by atoms with Crippen LogP contribution in [0, 0.1) is 83.9 Å². The fourth-order valence-electron chi connectivity index (χ4n) is 18.7. The zero-order chi connectivity index (χ0) is 104. The van der Waals surface area contributed by atoms with Crippen LogP contribution in [-0.4, -0.2) is 167 Å². The van der Waals surface area contributed by atoms with Gasteiger partial charge in [0.1, 0.15) is 66.9 Å². The van der Waals surface area contributed by atoms with Crippen molar-refractivity contribution in [2.24, 2.45) is 0 Å². The van der Waals surface area contributed by atoms with Crippen molar-refractivity contribution in [3.63, 3.8) is 0 Å². The molecule has 141 heavy (non-hydrogen) atoms. The van der Waals surface area contributed by atoms with Crippen LogP contribution in [0.2, 0.25) is 50.2 Å². The second-order valence-corrected chi connectivity index (χ2v) is 39.0. The molecule has 12 heterocycles. The quantitative estimate of drug-likeness (QED) is 0.0371. The molecule has 3 aliphatic heterocycles. The van der Waals surface area contributed by atoms with Gasteiger partial charge in [-0.15, -0.1) is 0 Å². The van der Waals surface area contributed by atoms with E-state index >= 15 is 13.2 Å². The number of phenolic OH excluding ortho intramolecular Hbond substituents is 3. The average molecular weight is 2120 g/mol. The number of nitrogens with zero attached hydrogens (tertiary/aromatic N) is 18. The van der Waals surface area contributed by atoms with Crippen LogP contribution in [0.15, 0.2) is 107 Å². The highest BCUT2D eigenvalue weighted by molar-refractivity contribution is 6.45. The van der Waals surface area contributed by atoms with E-state index in [9.17, 15) is 68.7 Å². The Morgan fingerprint density at radius 2 is 0.617 bits per heavy atom. The number of amides is 3. The number of piperazine rings is 3. The molecule has 732 valence electrons. The van der Waals surface area contributed by atoms with E-state index in [0.717, 1.165) is 0 Å². The molecule has 9 aromatic heterocycles. The van der Waals surface area contributed by atoms with Gasteiger partial charge in [0.25, 0.3) is 16.7 Å². The Bertz CT molecular complexity index is 6870. The molecule has 0 aliphatic carbocycles. The number of nitriles is 3. The van der Waals surface area contributed by atoms with E-state index in [-0.39, 0.29) is 210 Å². The van der Waals surface area contributed by atoms with Crippen LogP contribution in [0.3, 0.4) is 0 Å². The van der Waals surface area contributed by atoms with Crippen molar-refractivity contribution in [1.29, 1.82) is 15.8 Å². The van der Waals surface area contributed by atoms with Crippen LogP contribution in [0.4, 0.5) is 39.0 Å². The summed E-state index contributed by atoms with van der Waals surface area (Å²) in [5, 5.41) is 58.4. The molecule has 0 saturated carbocycles. The first-order valence-electron chi connectivity index (χ1n) is 43.7. The van der Waals surface area contributed by atoms with Gasteiger partial charge in [0.15, 0.2) is 46.3 Å². The van der Waals surface area contributed by atoms with E-state index in [4.69, 9.17) is 121 Å². The highest BCUT2D eigenvalue weighted by atomic mass is 35.5. The van der Waals surface area contributed by atoms with Gasteiger partial charge in [0, 0.05) is 116 Å². The van der Waals surface area contributed by atoms with Crippen molar-refractivity contribution in [2.75, 3.05) is 54.0 Å². The molecule has 3 saturated heterocycles. The van der Waals surface area contributed by atoms with Gasteiger partial charge in [0.05, 0.1) is 115 Å². The van der Waals surface area contributed by atoms with Crippen molar-refractivity contribution in [3.05, 3.63) is 254 Å². The lowest BCUT2D eigenvalue weighted by atomic mass is 10.0. The molecule has 3 amide bonds. The topological polar surface area (TPSA) is 346 Å². The van der Waals surface area contributed by atoms with E-state index in [0.29, 0.717) is 56.2 Å². The molecule has 12 aromatic rings. The number of aromatic nitrogens is 9. The maximum absolute atomic E-state index is 15.5. The Hall–Kier alpha value is -12.4. The van der Waals surface area contributed by atoms with Crippen molar-refractivity contribution >= 4 is 184 Å². The SMILES string of the molecule is C=CC(=O)N1[C@H](C)CN(c2c(C#N)c(=O)n(-c3c(C)ccnc3C(C)C)c3nc(-c4c(Cl)c(O)c(Cl)c(F)c4Cl)c(Cl)cc23)C[C@@H]1C.C=CC(=O)N1[C@H](C)CN(c2c(C#N)c(=O)n(-c3c(C)ccnc3C(C)C)c3nc(-c4c(F)c(F)c(Cl)c(O)c4Cl)c(Cl)cc23)C[C@@H]1C.C=CC(=O)N1[C@H](C)CN(c2c(C#N)c(=O)n(-c3c(C)ccnc3C(C)C)c3nc(-c4c(F)c(F)c(Cl)c(O)c4Cl)c(Cl)cc23)C[C@@H]1C. The summed E-state index contributed by atoms with van der Waals surface area (Å²) in [6.45, 7) is 40.0. The standard InChI is InChI=1S/C33H29Cl4FN6O3.2C33H29Cl3F2N6O3/c1-7-21(45)43-16(5)12-42(13-17(43)6)30-18-10-20(34)28(22-23(35)26(38)25(37)31(46)24(22)36)41-32(18)44(33(47)19(30)11-39)29-15(4)8-9-40-27(29)14(2)3;2*1-7-21(45)43-16(5)12-42(13-17(43)6)30-18-10-20(34)28(22-23(35)31(46)24(36)26(38)25(22)37)41-32(18)44(33(47)19(30)11-39)29-15(4)8-9-40-27(29)14(2)3/h3*7-10,14,16-17,46H,1,12-13H2,2-6H3/t3*16-,17+. The molecule has 15 rings (SSSR count). The summed E-state index contributed by atoms with van der Waals surface area (Å²) in [7, 11) is 0. The van der Waals surface area contributed by atoms with Crippen molar-refractivity contribution in [2.45, 2.75) is 158 Å². The van der Waals surface area contributed by atoms with Gasteiger partial charge in [-0.25, -0.2) is 36.9 Å². The number of benzene rings is 3. The molecule has 42 heteroatoms. The van der Waals surface area contributed by atoms with Gasteiger partial charge >= 0.3 is 0 Å². The number of hydrogen-bond donors (Lipinski definition) is 3. The molecular weight excluding hydrogens is 2030 g/mol. The molecule has 0 bridgehead atoms. The molecule has 0 unspecified atom stereocenters.